The lowest BCUT2D eigenvalue weighted by Gasteiger charge is -2.13. The van der Waals surface area contributed by atoms with E-state index < -0.39 is 0 Å². The van der Waals surface area contributed by atoms with Gasteiger partial charge in [0.15, 0.2) is 5.89 Å². The van der Waals surface area contributed by atoms with Crippen molar-refractivity contribution in [3.8, 4) is 11.3 Å². The molecule has 0 N–H and O–H groups in total. The summed E-state index contributed by atoms with van der Waals surface area (Å²) in [6, 6.07) is 4.86. The second-order valence-electron chi connectivity index (χ2n) is 3.81. The number of benzene rings is 1. The smallest absolute Gasteiger partial charge is 0.191 e. The molecule has 76 valence electrons. The van der Waals surface area contributed by atoms with Crippen LogP contribution in [-0.2, 0) is 12.8 Å². The molecule has 0 unspecified atom stereocenters. The second-order valence-corrected chi connectivity index (χ2v) is 3.81. The second kappa shape index (κ2) is 2.92. The van der Waals surface area contributed by atoms with Crippen molar-refractivity contribution in [3.05, 3.63) is 41.2 Å². The molecular formula is C12H10FNO. The average Bonchev–Trinajstić information content (AvgIpc) is 2.58. The van der Waals surface area contributed by atoms with E-state index in [9.17, 15) is 4.39 Å². The van der Waals surface area contributed by atoms with Gasteiger partial charge in [-0.25, -0.2) is 9.37 Å². The van der Waals surface area contributed by atoms with E-state index in [1.807, 2.05) is 13.0 Å². The standard InChI is InChI=1S/C12H10FNO/c1-7-14-12-10-6-9(13)4-2-8(10)3-5-11(12)15-7/h2,4,6H,3,5H2,1H3. The number of hydrogen-bond donors (Lipinski definition) is 0. The van der Waals surface area contributed by atoms with Crippen LogP contribution in [0.3, 0.4) is 0 Å². The van der Waals surface area contributed by atoms with Crippen LogP contribution in [0, 0.1) is 12.7 Å². The minimum Gasteiger partial charge on any atom is -0.445 e. The topological polar surface area (TPSA) is 26.0 Å². The van der Waals surface area contributed by atoms with Crippen molar-refractivity contribution in [3.63, 3.8) is 0 Å². The maximum atomic E-state index is 13.1. The van der Waals surface area contributed by atoms with Crippen LogP contribution in [-0.4, -0.2) is 4.98 Å². The van der Waals surface area contributed by atoms with E-state index in [1.165, 1.54) is 12.1 Å². The molecule has 0 bridgehead atoms. The molecular weight excluding hydrogens is 193 g/mol. The van der Waals surface area contributed by atoms with Gasteiger partial charge in [0.05, 0.1) is 0 Å². The van der Waals surface area contributed by atoms with Crippen molar-refractivity contribution in [1.29, 1.82) is 0 Å². The molecule has 3 heteroatoms. The number of halogens is 1. The zero-order chi connectivity index (χ0) is 10.4. The first-order valence-corrected chi connectivity index (χ1v) is 4.99. The van der Waals surface area contributed by atoms with Crippen LogP contribution in [0.2, 0.25) is 0 Å². The lowest BCUT2D eigenvalue weighted by Crippen LogP contribution is -2.02. The molecule has 0 aliphatic heterocycles. The third-order valence-electron chi connectivity index (χ3n) is 2.75. The van der Waals surface area contributed by atoms with Crippen molar-refractivity contribution in [2.45, 2.75) is 19.8 Å². The number of fused-ring (bicyclic) bond motifs is 3. The van der Waals surface area contributed by atoms with E-state index in [4.69, 9.17) is 4.42 Å². The predicted octanol–water partition coefficient (Wildman–Crippen LogP) is 2.89. The van der Waals surface area contributed by atoms with Crippen molar-refractivity contribution < 1.29 is 8.81 Å². The van der Waals surface area contributed by atoms with E-state index >= 15 is 0 Å². The Morgan fingerprint density at radius 2 is 2.20 bits per heavy atom. The SMILES string of the molecule is Cc1nc2c(o1)CCc1ccc(F)cc1-2. The molecule has 1 aromatic heterocycles. The number of hydrogen-bond acceptors (Lipinski definition) is 2. The minimum absolute atomic E-state index is 0.220. The summed E-state index contributed by atoms with van der Waals surface area (Å²) >= 11 is 0. The molecule has 0 amide bonds. The molecule has 0 radical (unpaired) electrons. The first kappa shape index (κ1) is 8.65. The summed E-state index contributed by atoms with van der Waals surface area (Å²) in [4.78, 5) is 4.30. The first-order chi connectivity index (χ1) is 7.24. The molecule has 0 saturated carbocycles. The number of rotatable bonds is 0. The van der Waals surface area contributed by atoms with Gasteiger partial charge in [0.25, 0.3) is 0 Å². The van der Waals surface area contributed by atoms with Gasteiger partial charge in [0.2, 0.25) is 0 Å². The van der Waals surface area contributed by atoms with Gasteiger partial charge >= 0.3 is 0 Å². The molecule has 0 fully saturated rings. The Kier molecular flexibility index (Phi) is 1.69. The fourth-order valence-corrected chi connectivity index (χ4v) is 2.08. The van der Waals surface area contributed by atoms with Crippen LogP contribution in [0.1, 0.15) is 17.2 Å². The Hall–Kier alpha value is -1.64. The number of oxazole rings is 1. The van der Waals surface area contributed by atoms with Gasteiger partial charge in [-0.1, -0.05) is 6.07 Å². The quantitative estimate of drug-likeness (QED) is 0.658. The molecule has 1 aromatic carbocycles. The van der Waals surface area contributed by atoms with Gasteiger partial charge < -0.3 is 4.42 Å². The van der Waals surface area contributed by atoms with E-state index in [1.54, 1.807) is 0 Å². The molecule has 1 heterocycles. The fourth-order valence-electron chi connectivity index (χ4n) is 2.08. The Bertz CT molecular complexity index is 530. The van der Waals surface area contributed by atoms with Gasteiger partial charge in [-0.3, -0.25) is 0 Å². The summed E-state index contributed by atoms with van der Waals surface area (Å²) in [5, 5.41) is 0. The maximum absolute atomic E-state index is 13.1. The van der Waals surface area contributed by atoms with Crippen LogP contribution in [0.5, 0.6) is 0 Å². The van der Waals surface area contributed by atoms with Crippen molar-refractivity contribution in [1.82, 2.24) is 4.98 Å². The van der Waals surface area contributed by atoms with Crippen LogP contribution >= 0.6 is 0 Å². The molecule has 1 aliphatic carbocycles. The lowest BCUT2D eigenvalue weighted by atomic mass is 9.93. The van der Waals surface area contributed by atoms with E-state index in [2.05, 4.69) is 4.98 Å². The molecule has 1 aliphatic rings. The average molecular weight is 203 g/mol. The maximum Gasteiger partial charge on any atom is 0.191 e. The normalized spacial score (nSPS) is 13.5. The highest BCUT2D eigenvalue weighted by molar-refractivity contribution is 5.67. The fraction of sp³-hybridized carbons (Fsp3) is 0.250. The summed E-state index contributed by atoms with van der Waals surface area (Å²) in [5.41, 5.74) is 2.85. The largest absolute Gasteiger partial charge is 0.445 e. The summed E-state index contributed by atoms with van der Waals surface area (Å²) < 4.78 is 18.6. The molecule has 0 atom stereocenters. The Morgan fingerprint density at radius 3 is 3.07 bits per heavy atom. The van der Waals surface area contributed by atoms with Gasteiger partial charge in [0.1, 0.15) is 17.3 Å². The van der Waals surface area contributed by atoms with E-state index in [0.29, 0.717) is 5.89 Å². The zero-order valence-electron chi connectivity index (χ0n) is 8.38. The molecule has 0 spiro atoms. The van der Waals surface area contributed by atoms with Gasteiger partial charge in [-0.2, -0.15) is 0 Å². The molecule has 3 rings (SSSR count). The van der Waals surface area contributed by atoms with Gasteiger partial charge in [0, 0.05) is 18.9 Å². The van der Waals surface area contributed by atoms with Crippen molar-refractivity contribution in [2.24, 2.45) is 0 Å². The van der Waals surface area contributed by atoms with Crippen LogP contribution in [0.4, 0.5) is 4.39 Å². The highest BCUT2D eigenvalue weighted by Gasteiger charge is 2.21. The van der Waals surface area contributed by atoms with Crippen molar-refractivity contribution in [2.75, 3.05) is 0 Å². The number of aromatic nitrogens is 1. The van der Waals surface area contributed by atoms with E-state index in [-0.39, 0.29) is 5.82 Å². The molecule has 2 aromatic rings. The van der Waals surface area contributed by atoms with Crippen LogP contribution < -0.4 is 0 Å². The highest BCUT2D eigenvalue weighted by Crippen LogP contribution is 2.33. The Labute approximate surface area is 86.8 Å². The van der Waals surface area contributed by atoms with Crippen LogP contribution in [0.15, 0.2) is 22.6 Å². The highest BCUT2D eigenvalue weighted by atomic mass is 19.1. The monoisotopic (exact) mass is 203 g/mol. The first-order valence-electron chi connectivity index (χ1n) is 4.99. The summed E-state index contributed by atoms with van der Waals surface area (Å²) in [6.07, 6.45) is 1.76. The Balaban J connectivity index is 2.27. The predicted molar refractivity (Wildman–Crippen MR) is 54.0 cm³/mol. The Morgan fingerprint density at radius 1 is 1.33 bits per heavy atom. The van der Waals surface area contributed by atoms with Crippen molar-refractivity contribution >= 4 is 0 Å². The molecule has 2 nitrogen and oxygen atoms in total. The van der Waals surface area contributed by atoms with E-state index in [0.717, 1.165) is 35.4 Å². The third-order valence-corrected chi connectivity index (χ3v) is 2.75. The third kappa shape index (κ3) is 1.27. The van der Waals surface area contributed by atoms with Gasteiger partial charge in [-0.05, 0) is 24.1 Å². The number of aryl methyl sites for hydroxylation is 3. The van der Waals surface area contributed by atoms with Gasteiger partial charge in [-0.15, -0.1) is 0 Å². The molecule has 15 heavy (non-hydrogen) atoms. The summed E-state index contributed by atoms with van der Waals surface area (Å²) in [6.45, 7) is 1.82. The lowest BCUT2D eigenvalue weighted by molar-refractivity contribution is 0.473. The van der Waals surface area contributed by atoms with Crippen LogP contribution in [0.25, 0.3) is 11.3 Å². The molecule has 0 saturated heterocycles. The zero-order valence-corrected chi connectivity index (χ0v) is 8.38. The summed E-state index contributed by atoms with van der Waals surface area (Å²) in [7, 11) is 0. The minimum atomic E-state index is -0.220. The summed E-state index contributed by atoms with van der Waals surface area (Å²) in [5.74, 6) is 1.31. The number of nitrogens with zero attached hydrogens (tertiary/aromatic N) is 1.